The second-order valence-corrected chi connectivity index (χ2v) is 5.35. The van der Waals surface area contributed by atoms with E-state index in [9.17, 15) is 13.5 Å². The fourth-order valence-corrected chi connectivity index (χ4v) is 2.54. The van der Waals surface area contributed by atoms with Gasteiger partial charge in [0, 0.05) is 19.6 Å². The van der Waals surface area contributed by atoms with Crippen LogP contribution in [0.25, 0.3) is 0 Å². The van der Waals surface area contributed by atoms with Crippen molar-refractivity contribution < 1.29 is 13.5 Å². The van der Waals surface area contributed by atoms with Gasteiger partial charge in [-0.3, -0.25) is 0 Å². The molecule has 0 N–H and O–H groups in total. The molecule has 1 aliphatic heterocycles. The summed E-state index contributed by atoms with van der Waals surface area (Å²) >= 11 is 0. The first-order valence-corrected chi connectivity index (χ1v) is 5.97. The number of hydrogen-bond acceptors (Lipinski definition) is 3. The Hall–Kier alpha value is -0.130. The average molecular weight is 192 g/mol. The summed E-state index contributed by atoms with van der Waals surface area (Å²) in [4.78, 5) is 2.04. The zero-order valence-corrected chi connectivity index (χ0v) is 7.85. The summed E-state index contributed by atoms with van der Waals surface area (Å²) in [6, 6.07) is 0. The van der Waals surface area contributed by atoms with Crippen molar-refractivity contribution in [1.82, 2.24) is 4.90 Å². The molecule has 1 heterocycles. The minimum absolute atomic E-state index is 0.0662. The third-order valence-corrected chi connectivity index (χ3v) is 3.66. The van der Waals surface area contributed by atoms with Gasteiger partial charge in [-0.2, -0.15) is 0 Å². The maximum absolute atomic E-state index is 11.0. The first-order valence-electron chi connectivity index (χ1n) is 4.15. The normalized spacial score (nSPS) is 24.1. The molecular weight excluding hydrogens is 178 g/mol. The van der Waals surface area contributed by atoms with Gasteiger partial charge in [-0.05, 0) is 6.42 Å². The summed E-state index contributed by atoms with van der Waals surface area (Å²) < 4.78 is 22.0. The molecule has 1 rings (SSSR count). The quantitative estimate of drug-likeness (QED) is 0.608. The van der Waals surface area contributed by atoms with Crippen molar-refractivity contribution in [3.8, 4) is 0 Å². The molecule has 1 saturated heterocycles. The molecule has 0 aliphatic carbocycles. The summed E-state index contributed by atoms with van der Waals surface area (Å²) in [5.41, 5.74) is 0. The van der Waals surface area contributed by atoms with E-state index in [-0.39, 0.29) is 18.1 Å². The fourth-order valence-electron chi connectivity index (χ4n) is 1.26. The Morgan fingerprint density at radius 2 is 1.75 bits per heavy atom. The van der Waals surface area contributed by atoms with E-state index in [4.69, 9.17) is 0 Å². The lowest BCUT2D eigenvalue weighted by atomic mass is 10.4. The lowest BCUT2D eigenvalue weighted by molar-refractivity contribution is 0.168. The minimum atomic E-state index is -2.76. The van der Waals surface area contributed by atoms with E-state index in [0.29, 0.717) is 19.5 Å². The van der Waals surface area contributed by atoms with Gasteiger partial charge in [0.05, 0.1) is 18.1 Å². The van der Waals surface area contributed by atoms with E-state index in [0.717, 1.165) is 6.54 Å². The highest BCUT2D eigenvalue weighted by atomic mass is 32.2. The van der Waals surface area contributed by atoms with Crippen LogP contribution in [0.2, 0.25) is 0 Å². The Balaban J connectivity index is 2.27. The van der Waals surface area contributed by atoms with Crippen LogP contribution < -0.4 is 0 Å². The maximum Gasteiger partial charge on any atom is 0.152 e. The summed E-state index contributed by atoms with van der Waals surface area (Å²) in [7, 11) is -2.76. The molecular formula is C7H14NO3S. The van der Waals surface area contributed by atoms with E-state index in [1.54, 1.807) is 0 Å². The van der Waals surface area contributed by atoms with Crippen molar-refractivity contribution in [3.05, 3.63) is 0 Å². The molecule has 0 unspecified atom stereocenters. The fraction of sp³-hybridized carbons (Fsp3) is 1.00. The predicted octanol–water partition coefficient (Wildman–Crippen LogP) is -0.463. The van der Waals surface area contributed by atoms with Gasteiger partial charge in [-0.15, -0.1) is 0 Å². The molecule has 1 fully saturated rings. The Bertz CT molecular complexity index is 211. The summed E-state index contributed by atoms with van der Waals surface area (Å²) in [5.74, 6) is 0.512. The predicted molar refractivity (Wildman–Crippen MR) is 45.3 cm³/mol. The van der Waals surface area contributed by atoms with Crippen molar-refractivity contribution in [2.24, 2.45) is 0 Å². The standard InChI is InChI=1S/C7H14NO3S/c9-5-1-2-8-3-6-12(10,11)7-4-8/h1-7H2. The van der Waals surface area contributed by atoms with Crippen LogP contribution in [0.3, 0.4) is 0 Å². The van der Waals surface area contributed by atoms with Crippen LogP contribution in [0.15, 0.2) is 0 Å². The lowest BCUT2D eigenvalue weighted by Crippen LogP contribution is -2.40. The molecule has 71 valence electrons. The van der Waals surface area contributed by atoms with Crippen LogP contribution in [-0.2, 0) is 14.9 Å². The van der Waals surface area contributed by atoms with Gasteiger partial charge in [0.1, 0.15) is 0 Å². The highest BCUT2D eigenvalue weighted by Crippen LogP contribution is 2.03. The molecule has 1 radical (unpaired) electrons. The van der Waals surface area contributed by atoms with Gasteiger partial charge >= 0.3 is 0 Å². The Kier molecular flexibility index (Phi) is 3.49. The SMILES string of the molecule is [O]CCCN1CCS(=O)(=O)CC1. The van der Waals surface area contributed by atoms with Crippen molar-refractivity contribution in [2.75, 3.05) is 37.7 Å². The molecule has 0 aromatic carbocycles. The third-order valence-electron chi connectivity index (χ3n) is 2.06. The Morgan fingerprint density at radius 1 is 1.17 bits per heavy atom. The minimum Gasteiger partial charge on any atom is -0.301 e. The summed E-state index contributed by atoms with van der Waals surface area (Å²) in [6.07, 6.45) is 0.625. The smallest absolute Gasteiger partial charge is 0.152 e. The number of sulfone groups is 1. The first kappa shape index (κ1) is 9.95. The average Bonchev–Trinajstić information content (AvgIpc) is 2.03. The van der Waals surface area contributed by atoms with Crippen molar-refractivity contribution >= 4 is 9.84 Å². The molecule has 5 heteroatoms. The second kappa shape index (κ2) is 4.20. The zero-order chi connectivity index (χ0) is 9.03. The number of nitrogens with zero attached hydrogens (tertiary/aromatic N) is 1. The van der Waals surface area contributed by atoms with Gasteiger partial charge in [0.2, 0.25) is 0 Å². The van der Waals surface area contributed by atoms with E-state index in [1.165, 1.54) is 0 Å². The molecule has 0 atom stereocenters. The van der Waals surface area contributed by atoms with Gasteiger partial charge in [-0.25, -0.2) is 13.5 Å². The second-order valence-electron chi connectivity index (χ2n) is 3.05. The molecule has 0 aromatic heterocycles. The third kappa shape index (κ3) is 3.08. The number of rotatable bonds is 3. The molecule has 0 amide bonds. The van der Waals surface area contributed by atoms with Crippen molar-refractivity contribution in [2.45, 2.75) is 6.42 Å². The van der Waals surface area contributed by atoms with Crippen LogP contribution in [0.5, 0.6) is 0 Å². The van der Waals surface area contributed by atoms with Crippen LogP contribution in [-0.4, -0.2) is 51.1 Å². The highest BCUT2D eigenvalue weighted by Gasteiger charge is 2.20. The van der Waals surface area contributed by atoms with Crippen LogP contribution in [0.4, 0.5) is 0 Å². The largest absolute Gasteiger partial charge is 0.301 e. The molecule has 12 heavy (non-hydrogen) atoms. The highest BCUT2D eigenvalue weighted by molar-refractivity contribution is 7.91. The van der Waals surface area contributed by atoms with Gasteiger partial charge in [0.25, 0.3) is 0 Å². The van der Waals surface area contributed by atoms with Crippen LogP contribution in [0, 0.1) is 0 Å². The number of hydrogen-bond donors (Lipinski definition) is 0. The zero-order valence-electron chi connectivity index (χ0n) is 7.03. The van der Waals surface area contributed by atoms with E-state index in [2.05, 4.69) is 0 Å². The Labute approximate surface area is 73.1 Å². The Morgan fingerprint density at radius 3 is 2.25 bits per heavy atom. The molecule has 4 nitrogen and oxygen atoms in total. The maximum atomic E-state index is 11.0. The molecule has 0 bridgehead atoms. The van der Waals surface area contributed by atoms with E-state index in [1.807, 2.05) is 4.90 Å². The summed E-state index contributed by atoms with van der Waals surface area (Å²) in [6.45, 7) is 1.88. The monoisotopic (exact) mass is 192 g/mol. The molecule has 0 aromatic rings. The molecule has 1 aliphatic rings. The van der Waals surface area contributed by atoms with Gasteiger partial charge in [0.15, 0.2) is 9.84 Å². The first-order chi connectivity index (χ1) is 5.64. The topological polar surface area (TPSA) is 57.3 Å². The van der Waals surface area contributed by atoms with Crippen LogP contribution >= 0.6 is 0 Å². The van der Waals surface area contributed by atoms with E-state index >= 15 is 0 Å². The van der Waals surface area contributed by atoms with Gasteiger partial charge in [-0.1, -0.05) is 0 Å². The van der Waals surface area contributed by atoms with Crippen molar-refractivity contribution in [3.63, 3.8) is 0 Å². The summed E-state index contributed by atoms with van der Waals surface area (Å²) in [5, 5.41) is 10.2. The van der Waals surface area contributed by atoms with E-state index < -0.39 is 9.84 Å². The molecule has 0 spiro atoms. The van der Waals surface area contributed by atoms with Crippen LogP contribution in [0.1, 0.15) is 6.42 Å². The molecule has 0 saturated carbocycles. The van der Waals surface area contributed by atoms with Crippen molar-refractivity contribution in [1.29, 1.82) is 0 Å². The van der Waals surface area contributed by atoms with Gasteiger partial charge < -0.3 is 4.90 Å². The lowest BCUT2D eigenvalue weighted by Gasteiger charge is -2.25.